The van der Waals surface area contributed by atoms with E-state index in [0.717, 1.165) is 45.1 Å². The number of benzene rings is 1. The second-order valence-corrected chi connectivity index (χ2v) is 5.14. The molecule has 0 heterocycles. The molecule has 1 aromatic carbocycles. The van der Waals surface area contributed by atoms with Crippen molar-refractivity contribution >= 4 is 5.96 Å². The van der Waals surface area contributed by atoms with Crippen molar-refractivity contribution < 1.29 is 4.74 Å². The minimum Gasteiger partial charge on any atom is -0.381 e. The smallest absolute Gasteiger partial charge is 0.193 e. The van der Waals surface area contributed by atoms with Crippen molar-refractivity contribution in [2.45, 2.75) is 32.7 Å². The number of nitrogens with zero attached hydrogens (tertiary/aromatic N) is 2. The Morgan fingerprint density at radius 3 is 2.57 bits per heavy atom. The highest BCUT2D eigenvalue weighted by atomic mass is 16.5. The quantitative estimate of drug-likeness (QED) is 0.432. The Hall–Kier alpha value is -1.55. The first-order chi connectivity index (χ1) is 10.3. The molecule has 0 saturated heterocycles. The predicted octanol–water partition coefficient (Wildman–Crippen LogP) is 2.90. The second kappa shape index (κ2) is 11.1. The van der Waals surface area contributed by atoms with Gasteiger partial charge in [-0.1, -0.05) is 43.7 Å². The van der Waals surface area contributed by atoms with Gasteiger partial charge in [-0.3, -0.25) is 4.99 Å². The minimum atomic E-state index is 0.812. The zero-order chi connectivity index (χ0) is 15.3. The number of hydrogen-bond acceptors (Lipinski definition) is 2. The normalized spacial score (nSPS) is 11.5. The Kier molecular flexibility index (Phi) is 9.29. The Morgan fingerprint density at radius 1 is 1.19 bits per heavy atom. The van der Waals surface area contributed by atoms with Crippen molar-refractivity contribution in [2.75, 3.05) is 33.9 Å². The predicted molar refractivity (Wildman–Crippen MR) is 89.6 cm³/mol. The highest BCUT2D eigenvalue weighted by molar-refractivity contribution is 5.79. The molecule has 1 aromatic rings. The Morgan fingerprint density at radius 2 is 1.90 bits per heavy atom. The van der Waals surface area contributed by atoms with Crippen LogP contribution in [0.15, 0.2) is 35.3 Å². The molecule has 0 amide bonds. The highest BCUT2D eigenvalue weighted by Crippen LogP contribution is 2.02. The minimum absolute atomic E-state index is 0.812. The Bertz CT molecular complexity index is 392. The van der Waals surface area contributed by atoms with Gasteiger partial charge in [0.15, 0.2) is 5.96 Å². The van der Waals surface area contributed by atoms with Gasteiger partial charge < -0.3 is 15.0 Å². The number of aliphatic imine (C=N–C) groups is 1. The molecule has 0 aliphatic heterocycles. The molecule has 1 N–H and O–H groups in total. The summed E-state index contributed by atoms with van der Waals surface area (Å²) in [5, 5.41) is 3.38. The summed E-state index contributed by atoms with van der Waals surface area (Å²) in [4.78, 5) is 6.45. The maximum Gasteiger partial charge on any atom is 0.193 e. The van der Waals surface area contributed by atoms with Crippen molar-refractivity contribution in [1.29, 1.82) is 0 Å². The molecule has 0 unspecified atom stereocenters. The van der Waals surface area contributed by atoms with E-state index < -0.39 is 0 Å². The molecule has 0 aliphatic carbocycles. The zero-order valence-corrected chi connectivity index (χ0v) is 13.6. The van der Waals surface area contributed by atoms with Gasteiger partial charge in [-0.25, -0.2) is 0 Å². The van der Waals surface area contributed by atoms with Crippen molar-refractivity contribution in [3.63, 3.8) is 0 Å². The second-order valence-electron chi connectivity index (χ2n) is 5.14. The van der Waals surface area contributed by atoms with Gasteiger partial charge >= 0.3 is 0 Å². The maximum absolute atomic E-state index is 5.55. The van der Waals surface area contributed by atoms with Crippen molar-refractivity contribution in [2.24, 2.45) is 4.99 Å². The lowest BCUT2D eigenvalue weighted by Crippen LogP contribution is -2.39. The van der Waals surface area contributed by atoms with Crippen LogP contribution in [0, 0.1) is 0 Å². The summed E-state index contributed by atoms with van der Waals surface area (Å²) in [5.74, 6) is 0.924. The summed E-state index contributed by atoms with van der Waals surface area (Å²) in [7, 11) is 3.88. The Balaban J connectivity index is 2.22. The first-order valence-electron chi connectivity index (χ1n) is 7.81. The van der Waals surface area contributed by atoms with E-state index in [-0.39, 0.29) is 0 Å². The molecule has 0 radical (unpaired) electrons. The van der Waals surface area contributed by atoms with Gasteiger partial charge in [-0.2, -0.15) is 0 Å². The average Bonchev–Trinajstić information content (AvgIpc) is 2.51. The Labute approximate surface area is 129 Å². The molecule has 0 saturated carbocycles. The van der Waals surface area contributed by atoms with E-state index in [9.17, 15) is 0 Å². The molecule has 0 atom stereocenters. The van der Waals surface area contributed by atoms with Crippen LogP contribution in [-0.4, -0.2) is 44.7 Å². The standard InChI is InChI=1S/C17H29N3O/c1-4-5-13-21-14-9-12-19-17(18-2)20(3)15-16-10-7-6-8-11-16/h6-8,10-11H,4-5,9,12-15H2,1-3H3,(H,18,19). The van der Waals surface area contributed by atoms with Crippen LogP contribution in [0.1, 0.15) is 31.7 Å². The highest BCUT2D eigenvalue weighted by Gasteiger charge is 2.05. The van der Waals surface area contributed by atoms with Crippen LogP contribution >= 0.6 is 0 Å². The van der Waals surface area contributed by atoms with E-state index >= 15 is 0 Å². The summed E-state index contributed by atoms with van der Waals surface area (Å²) in [6, 6.07) is 10.4. The number of guanidine groups is 1. The molecule has 1 rings (SSSR count). The third-order valence-corrected chi connectivity index (χ3v) is 3.23. The fourth-order valence-corrected chi connectivity index (χ4v) is 2.04. The van der Waals surface area contributed by atoms with Gasteiger partial charge in [0.1, 0.15) is 0 Å². The zero-order valence-electron chi connectivity index (χ0n) is 13.6. The fraction of sp³-hybridized carbons (Fsp3) is 0.588. The fourth-order valence-electron chi connectivity index (χ4n) is 2.04. The lowest BCUT2D eigenvalue weighted by molar-refractivity contribution is 0.129. The molecule has 0 fully saturated rings. The number of hydrogen-bond donors (Lipinski definition) is 1. The topological polar surface area (TPSA) is 36.9 Å². The van der Waals surface area contributed by atoms with E-state index in [4.69, 9.17) is 4.74 Å². The monoisotopic (exact) mass is 291 g/mol. The number of unbranched alkanes of at least 4 members (excludes halogenated alkanes) is 1. The number of nitrogens with one attached hydrogen (secondary N) is 1. The number of rotatable bonds is 9. The molecule has 0 aliphatic rings. The molecular formula is C17H29N3O. The van der Waals surface area contributed by atoms with Crippen LogP contribution in [0.3, 0.4) is 0 Å². The SMILES string of the molecule is CCCCOCCCNC(=NC)N(C)Cc1ccccc1. The van der Waals surface area contributed by atoms with Crippen molar-refractivity contribution in [3.05, 3.63) is 35.9 Å². The average molecular weight is 291 g/mol. The molecule has 21 heavy (non-hydrogen) atoms. The van der Waals surface area contributed by atoms with E-state index in [1.54, 1.807) is 0 Å². The maximum atomic E-state index is 5.55. The third kappa shape index (κ3) is 7.71. The summed E-state index contributed by atoms with van der Waals surface area (Å²) < 4.78 is 5.55. The van der Waals surface area contributed by atoms with Gasteiger partial charge in [0, 0.05) is 40.4 Å². The molecule has 0 bridgehead atoms. The first kappa shape index (κ1) is 17.5. The first-order valence-corrected chi connectivity index (χ1v) is 7.81. The summed E-state index contributed by atoms with van der Waals surface area (Å²) >= 11 is 0. The summed E-state index contributed by atoms with van der Waals surface area (Å²) in [6.45, 7) is 5.61. The van der Waals surface area contributed by atoms with Crippen molar-refractivity contribution in [1.82, 2.24) is 10.2 Å². The van der Waals surface area contributed by atoms with E-state index in [1.807, 2.05) is 13.1 Å². The van der Waals surface area contributed by atoms with Gasteiger partial charge in [-0.05, 0) is 18.4 Å². The van der Waals surface area contributed by atoms with E-state index in [2.05, 4.69) is 53.4 Å². The van der Waals surface area contributed by atoms with Crippen LogP contribution in [0.5, 0.6) is 0 Å². The third-order valence-electron chi connectivity index (χ3n) is 3.23. The van der Waals surface area contributed by atoms with Gasteiger partial charge in [0.05, 0.1) is 0 Å². The molecule has 0 spiro atoms. The largest absolute Gasteiger partial charge is 0.381 e. The van der Waals surface area contributed by atoms with Crippen LogP contribution in [0.4, 0.5) is 0 Å². The van der Waals surface area contributed by atoms with E-state index in [1.165, 1.54) is 12.0 Å². The summed E-state index contributed by atoms with van der Waals surface area (Å²) in [6.07, 6.45) is 3.34. The molecule has 118 valence electrons. The van der Waals surface area contributed by atoms with Crippen LogP contribution in [0.25, 0.3) is 0 Å². The molecular weight excluding hydrogens is 262 g/mol. The van der Waals surface area contributed by atoms with Gasteiger partial charge in [0.2, 0.25) is 0 Å². The van der Waals surface area contributed by atoms with Crippen LogP contribution < -0.4 is 5.32 Å². The lowest BCUT2D eigenvalue weighted by atomic mass is 10.2. The van der Waals surface area contributed by atoms with Gasteiger partial charge in [-0.15, -0.1) is 0 Å². The molecule has 0 aromatic heterocycles. The molecule has 4 heteroatoms. The lowest BCUT2D eigenvalue weighted by Gasteiger charge is -2.22. The summed E-state index contributed by atoms with van der Waals surface area (Å²) in [5.41, 5.74) is 1.28. The van der Waals surface area contributed by atoms with Crippen LogP contribution in [0.2, 0.25) is 0 Å². The number of ether oxygens (including phenoxy) is 1. The van der Waals surface area contributed by atoms with Gasteiger partial charge in [0.25, 0.3) is 0 Å². The van der Waals surface area contributed by atoms with Crippen molar-refractivity contribution in [3.8, 4) is 0 Å². The van der Waals surface area contributed by atoms with Crippen LogP contribution in [-0.2, 0) is 11.3 Å². The van der Waals surface area contributed by atoms with E-state index in [0.29, 0.717) is 0 Å². The molecule has 4 nitrogen and oxygen atoms in total.